The van der Waals surface area contributed by atoms with E-state index in [2.05, 4.69) is 60.6 Å². The summed E-state index contributed by atoms with van der Waals surface area (Å²) >= 11 is 0. The molecule has 3 rings (SSSR count). The Labute approximate surface area is 127 Å². The summed E-state index contributed by atoms with van der Waals surface area (Å²) in [6.45, 7) is 5.61. The quantitative estimate of drug-likeness (QED) is 0.934. The van der Waals surface area contributed by atoms with E-state index < -0.39 is 0 Å². The molecule has 2 unspecified atom stereocenters. The molecule has 2 aromatic rings. The largest absolute Gasteiger partial charge is 0.319 e. The van der Waals surface area contributed by atoms with Crippen LogP contribution in [0.5, 0.6) is 0 Å². The first kappa shape index (κ1) is 14.5. The number of hydrogen-bond donors (Lipinski definition) is 1. The third kappa shape index (κ3) is 2.94. The molecule has 3 nitrogen and oxygen atoms in total. The first-order valence-electron chi connectivity index (χ1n) is 8.08. The van der Waals surface area contributed by atoms with Crippen molar-refractivity contribution in [3.05, 3.63) is 42.1 Å². The lowest BCUT2D eigenvalue weighted by Crippen LogP contribution is -2.42. The monoisotopic (exact) mass is 283 g/mol. The van der Waals surface area contributed by atoms with Crippen LogP contribution >= 0.6 is 0 Å². The summed E-state index contributed by atoms with van der Waals surface area (Å²) in [6.07, 6.45) is 2.58. The molecule has 112 valence electrons. The average Bonchev–Trinajstić information content (AvgIpc) is 2.54. The second-order valence-electron chi connectivity index (χ2n) is 5.96. The molecule has 0 radical (unpaired) electrons. The highest BCUT2D eigenvalue weighted by atomic mass is 15.2. The van der Waals surface area contributed by atoms with Crippen LogP contribution in [0.25, 0.3) is 10.9 Å². The van der Waals surface area contributed by atoms with E-state index in [1.165, 1.54) is 30.5 Å². The lowest BCUT2D eigenvalue weighted by atomic mass is 9.86. The Hall–Kier alpha value is -1.45. The Kier molecular flexibility index (Phi) is 4.51. The molecule has 0 amide bonds. The summed E-state index contributed by atoms with van der Waals surface area (Å²) in [5.41, 5.74) is 2.34. The van der Waals surface area contributed by atoms with Crippen LogP contribution in [0, 0.1) is 5.92 Å². The number of likely N-dealkylation sites (tertiary alicyclic amines) is 1. The van der Waals surface area contributed by atoms with E-state index in [-0.39, 0.29) is 0 Å². The maximum atomic E-state index is 4.96. The van der Waals surface area contributed by atoms with E-state index in [4.69, 9.17) is 4.98 Å². The zero-order valence-electron chi connectivity index (χ0n) is 13.0. The second kappa shape index (κ2) is 6.54. The van der Waals surface area contributed by atoms with E-state index in [1.54, 1.807) is 0 Å². The minimum atomic E-state index is 0.445. The first-order valence-corrected chi connectivity index (χ1v) is 8.08. The van der Waals surface area contributed by atoms with Gasteiger partial charge < -0.3 is 5.32 Å². The predicted octanol–water partition coefficient (Wildman–Crippen LogP) is 3.23. The number of nitrogens with zero attached hydrogens (tertiary/aromatic N) is 2. The summed E-state index contributed by atoms with van der Waals surface area (Å²) in [4.78, 5) is 7.55. The van der Waals surface area contributed by atoms with Crippen LogP contribution in [0.4, 0.5) is 0 Å². The lowest BCUT2D eigenvalue weighted by molar-refractivity contribution is 0.0954. The van der Waals surface area contributed by atoms with E-state index in [1.807, 2.05) is 0 Å². The topological polar surface area (TPSA) is 28.2 Å². The van der Waals surface area contributed by atoms with Crippen molar-refractivity contribution in [1.29, 1.82) is 0 Å². The standard InChI is InChI=1S/C18H25N3/c1-3-21-12-6-8-15(13-19-2)18(21)17-11-10-14-7-4-5-9-16(14)20-17/h4-5,7,9-11,15,18-19H,3,6,8,12-13H2,1-2H3. The van der Waals surface area contributed by atoms with Crippen LogP contribution in [-0.2, 0) is 0 Å². The van der Waals surface area contributed by atoms with Crippen molar-refractivity contribution in [2.24, 2.45) is 5.92 Å². The van der Waals surface area contributed by atoms with Gasteiger partial charge in [-0.25, -0.2) is 0 Å². The third-order valence-electron chi connectivity index (χ3n) is 4.66. The van der Waals surface area contributed by atoms with Gasteiger partial charge in [-0.05, 0) is 57.6 Å². The van der Waals surface area contributed by atoms with Gasteiger partial charge in [0.15, 0.2) is 0 Å². The molecular weight excluding hydrogens is 258 g/mol. The number of para-hydroxylation sites is 1. The molecule has 1 aromatic carbocycles. The highest BCUT2D eigenvalue weighted by Crippen LogP contribution is 2.35. The highest BCUT2D eigenvalue weighted by Gasteiger charge is 2.32. The normalized spacial score (nSPS) is 23.5. The molecule has 1 aliphatic rings. The van der Waals surface area contributed by atoms with Gasteiger partial charge in [0.05, 0.1) is 17.3 Å². The van der Waals surface area contributed by atoms with Crippen LogP contribution in [0.1, 0.15) is 31.5 Å². The molecule has 0 bridgehead atoms. The fourth-order valence-electron chi connectivity index (χ4n) is 3.66. The lowest BCUT2D eigenvalue weighted by Gasteiger charge is -2.40. The summed E-state index contributed by atoms with van der Waals surface area (Å²) in [5, 5.41) is 4.59. The van der Waals surface area contributed by atoms with Gasteiger partial charge in [0.2, 0.25) is 0 Å². The van der Waals surface area contributed by atoms with Gasteiger partial charge >= 0.3 is 0 Å². The molecular formula is C18H25N3. The van der Waals surface area contributed by atoms with E-state index in [9.17, 15) is 0 Å². The molecule has 2 heterocycles. The molecule has 1 aliphatic heterocycles. The highest BCUT2D eigenvalue weighted by molar-refractivity contribution is 5.78. The fourth-order valence-corrected chi connectivity index (χ4v) is 3.66. The van der Waals surface area contributed by atoms with Crippen molar-refractivity contribution in [1.82, 2.24) is 15.2 Å². The molecule has 0 aliphatic carbocycles. The van der Waals surface area contributed by atoms with Crippen molar-refractivity contribution in [2.45, 2.75) is 25.8 Å². The van der Waals surface area contributed by atoms with Gasteiger partial charge in [-0.1, -0.05) is 31.2 Å². The Balaban J connectivity index is 1.98. The van der Waals surface area contributed by atoms with E-state index >= 15 is 0 Å². The minimum absolute atomic E-state index is 0.445. The molecule has 3 heteroatoms. The van der Waals surface area contributed by atoms with Gasteiger partial charge in [-0.15, -0.1) is 0 Å². The molecule has 21 heavy (non-hydrogen) atoms. The Bertz CT molecular complexity index is 594. The van der Waals surface area contributed by atoms with Crippen LogP contribution in [0.3, 0.4) is 0 Å². The van der Waals surface area contributed by atoms with Crippen LogP contribution in [0.2, 0.25) is 0 Å². The number of fused-ring (bicyclic) bond motifs is 1. The molecule has 2 atom stereocenters. The van der Waals surface area contributed by atoms with Gasteiger partial charge in [-0.3, -0.25) is 9.88 Å². The van der Waals surface area contributed by atoms with Gasteiger partial charge in [0, 0.05) is 5.39 Å². The van der Waals surface area contributed by atoms with Crippen molar-refractivity contribution >= 4 is 10.9 Å². The number of hydrogen-bond acceptors (Lipinski definition) is 3. The fraction of sp³-hybridized carbons (Fsp3) is 0.500. The Morgan fingerprint density at radius 1 is 1.24 bits per heavy atom. The van der Waals surface area contributed by atoms with E-state index in [0.717, 1.165) is 18.6 Å². The maximum absolute atomic E-state index is 4.96. The van der Waals surface area contributed by atoms with Gasteiger partial charge in [-0.2, -0.15) is 0 Å². The summed E-state index contributed by atoms with van der Waals surface area (Å²) < 4.78 is 0. The minimum Gasteiger partial charge on any atom is -0.319 e. The van der Waals surface area contributed by atoms with Crippen molar-refractivity contribution < 1.29 is 0 Å². The second-order valence-corrected chi connectivity index (χ2v) is 5.96. The smallest absolute Gasteiger partial charge is 0.0706 e. The van der Waals surface area contributed by atoms with Crippen molar-refractivity contribution in [3.8, 4) is 0 Å². The molecule has 1 saturated heterocycles. The summed E-state index contributed by atoms with van der Waals surface area (Å²) in [6, 6.07) is 13.3. The number of aromatic nitrogens is 1. The number of piperidine rings is 1. The number of benzene rings is 1. The zero-order valence-corrected chi connectivity index (χ0v) is 13.0. The predicted molar refractivity (Wildman–Crippen MR) is 88.4 cm³/mol. The number of pyridine rings is 1. The molecule has 1 aromatic heterocycles. The summed E-state index contributed by atoms with van der Waals surface area (Å²) in [5.74, 6) is 0.650. The van der Waals surface area contributed by atoms with E-state index in [0.29, 0.717) is 12.0 Å². The van der Waals surface area contributed by atoms with Crippen LogP contribution in [-0.4, -0.2) is 36.6 Å². The molecule has 1 N–H and O–H groups in total. The number of nitrogens with one attached hydrogen (secondary N) is 1. The maximum Gasteiger partial charge on any atom is 0.0706 e. The average molecular weight is 283 g/mol. The Morgan fingerprint density at radius 2 is 2.10 bits per heavy atom. The van der Waals surface area contributed by atoms with Crippen molar-refractivity contribution in [2.75, 3.05) is 26.7 Å². The van der Waals surface area contributed by atoms with Gasteiger partial charge in [0.25, 0.3) is 0 Å². The SMILES string of the molecule is CCN1CCCC(CNC)C1c1ccc2ccccc2n1. The molecule has 1 fully saturated rings. The third-order valence-corrected chi connectivity index (χ3v) is 4.66. The van der Waals surface area contributed by atoms with Gasteiger partial charge in [0.1, 0.15) is 0 Å². The Morgan fingerprint density at radius 3 is 2.90 bits per heavy atom. The number of rotatable bonds is 4. The van der Waals surface area contributed by atoms with Crippen LogP contribution < -0.4 is 5.32 Å². The molecule has 0 spiro atoms. The zero-order chi connectivity index (χ0) is 14.7. The first-order chi connectivity index (χ1) is 10.3. The molecule has 0 saturated carbocycles. The summed E-state index contributed by atoms with van der Waals surface area (Å²) in [7, 11) is 2.05. The van der Waals surface area contributed by atoms with Crippen LogP contribution in [0.15, 0.2) is 36.4 Å². The van der Waals surface area contributed by atoms with Crippen molar-refractivity contribution in [3.63, 3.8) is 0 Å².